The van der Waals surface area contributed by atoms with E-state index in [4.69, 9.17) is 4.74 Å². The van der Waals surface area contributed by atoms with Crippen LogP contribution in [0.15, 0.2) is 0 Å². The highest BCUT2D eigenvalue weighted by molar-refractivity contribution is 4.91. The molecule has 0 saturated heterocycles. The SMILES string of the molecule is CNC(CC1CCCC1)C(OC)C1CC1. The normalized spacial score (nSPS) is 26.8. The van der Waals surface area contributed by atoms with Crippen molar-refractivity contribution in [2.45, 2.75) is 57.1 Å². The number of likely N-dealkylation sites (N-methyl/N-ethyl adjacent to an activating group) is 1. The molecule has 0 heterocycles. The van der Waals surface area contributed by atoms with Crippen LogP contribution in [0, 0.1) is 11.8 Å². The fraction of sp³-hybridized carbons (Fsp3) is 1.00. The van der Waals surface area contributed by atoms with Crippen LogP contribution in [0.4, 0.5) is 0 Å². The van der Waals surface area contributed by atoms with Gasteiger partial charge in [-0.1, -0.05) is 25.7 Å². The molecule has 2 heteroatoms. The number of ether oxygens (including phenoxy) is 1. The Labute approximate surface area is 93.8 Å². The molecule has 2 atom stereocenters. The average molecular weight is 211 g/mol. The van der Waals surface area contributed by atoms with Gasteiger partial charge in [-0.2, -0.15) is 0 Å². The molecule has 2 saturated carbocycles. The summed E-state index contributed by atoms with van der Waals surface area (Å²) in [6, 6.07) is 0.589. The topological polar surface area (TPSA) is 21.3 Å². The summed E-state index contributed by atoms with van der Waals surface area (Å²) in [6.45, 7) is 0. The van der Waals surface area contributed by atoms with Gasteiger partial charge in [0.1, 0.15) is 0 Å². The van der Waals surface area contributed by atoms with E-state index in [-0.39, 0.29) is 0 Å². The molecule has 0 aromatic carbocycles. The van der Waals surface area contributed by atoms with Crippen molar-refractivity contribution >= 4 is 0 Å². The van der Waals surface area contributed by atoms with Crippen LogP contribution >= 0.6 is 0 Å². The fourth-order valence-electron chi connectivity index (χ4n) is 3.13. The van der Waals surface area contributed by atoms with Gasteiger partial charge in [0.25, 0.3) is 0 Å². The average Bonchev–Trinajstić information content (AvgIpc) is 2.95. The van der Waals surface area contributed by atoms with Crippen LogP contribution in [0.3, 0.4) is 0 Å². The van der Waals surface area contributed by atoms with Crippen molar-refractivity contribution in [2.24, 2.45) is 11.8 Å². The molecule has 2 fully saturated rings. The van der Waals surface area contributed by atoms with E-state index in [9.17, 15) is 0 Å². The highest BCUT2D eigenvalue weighted by atomic mass is 16.5. The first-order valence-corrected chi connectivity index (χ1v) is 6.55. The molecular formula is C13H25NO. The first kappa shape index (κ1) is 11.4. The van der Waals surface area contributed by atoms with Crippen LogP contribution in [0.25, 0.3) is 0 Å². The highest BCUT2D eigenvalue weighted by Gasteiger charge is 2.37. The van der Waals surface area contributed by atoms with Crippen molar-refractivity contribution in [1.29, 1.82) is 0 Å². The smallest absolute Gasteiger partial charge is 0.0752 e. The Hall–Kier alpha value is -0.0800. The van der Waals surface area contributed by atoms with Crippen molar-refractivity contribution in [3.8, 4) is 0 Å². The van der Waals surface area contributed by atoms with Crippen molar-refractivity contribution in [1.82, 2.24) is 5.32 Å². The second-order valence-electron chi connectivity index (χ2n) is 5.32. The molecule has 2 aliphatic carbocycles. The molecule has 0 spiro atoms. The van der Waals surface area contributed by atoms with E-state index in [1.54, 1.807) is 0 Å². The lowest BCUT2D eigenvalue weighted by atomic mass is 9.93. The molecule has 0 aromatic rings. The Morgan fingerprint density at radius 3 is 2.33 bits per heavy atom. The first-order valence-electron chi connectivity index (χ1n) is 6.55. The largest absolute Gasteiger partial charge is 0.380 e. The highest BCUT2D eigenvalue weighted by Crippen LogP contribution is 2.38. The summed E-state index contributed by atoms with van der Waals surface area (Å²) < 4.78 is 5.68. The Balaban J connectivity index is 1.83. The molecule has 0 aromatic heterocycles. The Morgan fingerprint density at radius 1 is 1.20 bits per heavy atom. The summed E-state index contributed by atoms with van der Waals surface area (Å²) in [5, 5.41) is 3.48. The van der Waals surface area contributed by atoms with Gasteiger partial charge in [0.2, 0.25) is 0 Å². The zero-order valence-corrected chi connectivity index (χ0v) is 10.2. The molecule has 15 heavy (non-hydrogen) atoms. The number of methoxy groups -OCH3 is 1. The predicted molar refractivity (Wildman–Crippen MR) is 62.9 cm³/mol. The third kappa shape index (κ3) is 2.94. The van der Waals surface area contributed by atoms with E-state index in [1.165, 1.54) is 44.9 Å². The standard InChI is InChI=1S/C13H25NO/c1-14-12(9-10-5-3-4-6-10)13(15-2)11-7-8-11/h10-14H,3-9H2,1-2H3. The van der Waals surface area contributed by atoms with Gasteiger partial charge in [-0.15, -0.1) is 0 Å². The maximum Gasteiger partial charge on any atom is 0.0752 e. The Bertz CT molecular complexity index is 185. The van der Waals surface area contributed by atoms with Crippen LogP contribution in [-0.4, -0.2) is 26.3 Å². The molecule has 2 nitrogen and oxygen atoms in total. The quantitative estimate of drug-likeness (QED) is 0.729. The maximum atomic E-state index is 5.68. The predicted octanol–water partition coefficient (Wildman–Crippen LogP) is 2.58. The summed E-state index contributed by atoms with van der Waals surface area (Å²) in [4.78, 5) is 0. The van der Waals surface area contributed by atoms with E-state index in [0.717, 1.165) is 11.8 Å². The van der Waals surface area contributed by atoms with Gasteiger partial charge in [-0.3, -0.25) is 0 Å². The zero-order chi connectivity index (χ0) is 10.7. The number of hydrogen-bond donors (Lipinski definition) is 1. The van der Waals surface area contributed by atoms with Crippen molar-refractivity contribution < 1.29 is 4.74 Å². The summed E-state index contributed by atoms with van der Waals surface area (Å²) in [5.41, 5.74) is 0. The van der Waals surface area contributed by atoms with Gasteiger partial charge < -0.3 is 10.1 Å². The molecule has 0 bridgehead atoms. The lowest BCUT2D eigenvalue weighted by molar-refractivity contribution is 0.0457. The van der Waals surface area contributed by atoms with E-state index in [0.29, 0.717) is 12.1 Å². The van der Waals surface area contributed by atoms with Crippen LogP contribution in [0.2, 0.25) is 0 Å². The lowest BCUT2D eigenvalue weighted by Gasteiger charge is -2.28. The minimum atomic E-state index is 0.468. The molecule has 0 amide bonds. The Kier molecular flexibility index (Phi) is 4.04. The summed E-state index contributed by atoms with van der Waals surface area (Å²) in [6.07, 6.45) is 10.3. The van der Waals surface area contributed by atoms with E-state index in [2.05, 4.69) is 12.4 Å². The molecule has 0 aliphatic heterocycles. The minimum absolute atomic E-state index is 0.468. The molecule has 1 N–H and O–H groups in total. The molecule has 2 aliphatic rings. The molecule has 88 valence electrons. The van der Waals surface area contributed by atoms with Gasteiger partial charge in [0, 0.05) is 13.2 Å². The van der Waals surface area contributed by atoms with Crippen LogP contribution in [0.1, 0.15) is 44.9 Å². The lowest BCUT2D eigenvalue weighted by Crippen LogP contribution is -2.41. The van der Waals surface area contributed by atoms with E-state index in [1.807, 2.05) is 7.11 Å². The van der Waals surface area contributed by atoms with Crippen molar-refractivity contribution in [3.05, 3.63) is 0 Å². The number of rotatable bonds is 6. The third-order valence-electron chi connectivity index (χ3n) is 4.19. The second-order valence-corrected chi connectivity index (χ2v) is 5.32. The monoisotopic (exact) mass is 211 g/mol. The van der Waals surface area contributed by atoms with Crippen LogP contribution in [0.5, 0.6) is 0 Å². The summed E-state index contributed by atoms with van der Waals surface area (Å²) in [5.74, 6) is 1.80. The summed E-state index contributed by atoms with van der Waals surface area (Å²) in [7, 11) is 3.97. The van der Waals surface area contributed by atoms with Crippen molar-refractivity contribution in [3.63, 3.8) is 0 Å². The molecule has 2 rings (SSSR count). The van der Waals surface area contributed by atoms with Gasteiger partial charge >= 0.3 is 0 Å². The zero-order valence-electron chi connectivity index (χ0n) is 10.2. The van der Waals surface area contributed by atoms with Gasteiger partial charge in [0.15, 0.2) is 0 Å². The van der Waals surface area contributed by atoms with E-state index >= 15 is 0 Å². The third-order valence-corrected chi connectivity index (χ3v) is 4.19. The van der Waals surface area contributed by atoms with E-state index < -0.39 is 0 Å². The minimum Gasteiger partial charge on any atom is -0.380 e. The second kappa shape index (κ2) is 5.31. The van der Waals surface area contributed by atoms with Gasteiger partial charge in [-0.05, 0) is 38.1 Å². The van der Waals surface area contributed by atoms with Crippen molar-refractivity contribution in [2.75, 3.05) is 14.2 Å². The van der Waals surface area contributed by atoms with Gasteiger partial charge in [0.05, 0.1) is 6.10 Å². The van der Waals surface area contributed by atoms with Gasteiger partial charge in [-0.25, -0.2) is 0 Å². The molecule has 2 unspecified atom stereocenters. The first-order chi connectivity index (χ1) is 7.35. The Morgan fingerprint density at radius 2 is 1.87 bits per heavy atom. The van der Waals surface area contributed by atoms with Crippen LogP contribution in [-0.2, 0) is 4.74 Å². The fourth-order valence-corrected chi connectivity index (χ4v) is 3.13. The molecule has 0 radical (unpaired) electrons. The maximum absolute atomic E-state index is 5.68. The van der Waals surface area contributed by atoms with Crippen LogP contribution < -0.4 is 5.32 Å². The number of hydrogen-bond acceptors (Lipinski definition) is 2. The number of nitrogens with one attached hydrogen (secondary N) is 1. The molecular weight excluding hydrogens is 186 g/mol. The summed E-state index contributed by atoms with van der Waals surface area (Å²) >= 11 is 0.